The van der Waals surface area contributed by atoms with Gasteiger partial charge in [0.05, 0.1) is 15.6 Å². The smallest absolute Gasteiger partial charge is 0.285 e. The molecule has 0 radical (unpaired) electrons. The molecule has 0 saturated carbocycles. The van der Waals surface area contributed by atoms with Crippen molar-refractivity contribution in [3.05, 3.63) is 33.8 Å². The first-order valence-electron chi connectivity index (χ1n) is 3.20. The number of nitrogens with one attached hydrogen (secondary N) is 1. The highest BCUT2D eigenvalue weighted by Crippen LogP contribution is 2.24. The minimum Gasteiger partial charge on any atom is -0.285 e. The number of hydrogen-bond donors (Lipinski definition) is 3. The molecule has 12 heavy (non-hydrogen) atoms. The summed E-state index contributed by atoms with van der Waals surface area (Å²) in [4.78, 5) is 0. The Morgan fingerprint density at radius 1 is 1.33 bits per heavy atom. The quantitative estimate of drug-likeness (QED) is 0.254. The number of rotatable bonds is 1. The van der Waals surface area contributed by atoms with E-state index in [2.05, 4.69) is 5.10 Å². The lowest BCUT2D eigenvalue weighted by atomic mass is 10.2. The zero-order valence-corrected chi connectivity index (χ0v) is 7.65. The molecule has 0 unspecified atom stereocenters. The van der Waals surface area contributed by atoms with Crippen molar-refractivity contribution in [2.45, 2.75) is 0 Å². The van der Waals surface area contributed by atoms with E-state index in [4.69, 9.17) is 34.8 Å². The molecular weight excluding hydrogens is 197 g/mol. The predicted molar refractivity (Wildman–Crippen MR) is 49.9 cm³/mol. The van der Waals surface area contributed by atoms with Crippen molar-refractivity contribution in [3.8, 4) is 0 Å². The van der Waals surface area contributed by atoms with E-state index in [1.807, 2.05) is 0 Å². The summed E-state index contributed by atoms with van der Waals surface area (Å²) < 4.78 is 0. The zero-order valence-electron chi connectivity index (χ0n) is 6.14. The summed E-state index contributed by atoms with van der Waals surface area (Å²) in [5, 5.41) is 3.15. The lowest BCUT2D eigenvalue weighted by molar-refractivity contribution is -0.469. The number of halogens is 2. The predicted octanol–water partition coefficient (Wildman–Crippen LogP) is -0.347. The number of amidine groups is 1. The number of nitrogen functional groups attached to an aromatic ring is 1. The van der Waals surface area contributed by atoms with Crippen LogP contribution in [0, 0.1) is 0 Å². The maximum absolute atomic E-state index is 5.84. The van der Waals surface area contributed by atoms with Gasteiger partial charge in [0, 0.05) is 0 Å². The molecule has 1 aromatic rings. The molecule has 0 aliphatic heterocycles. The van der Waals surface area contributed by atoms with Crippen LogP contribution in [0.2, 0.25) is 10.0 Å². The fraction of sp³-hybridized carbons (Fsp3) is 0. The lowest BCUT2D eigenvalue weighted by Gasteiger charge is -1.99. The first-order chi connectivity index (χ1) is 5.66. The van der Waals surface area contributed by atoms with Crippen LogP contribution in [0.3, 0.4) is 0 Å². The maximum Gasteiger partial charge on any atom is 0.297 e. The second kappa shape index (κ2) is 3.65. The van der Waals surface area contributed by atoms with Crippen LogP contribution in [0.15, 0.2) is 18.2 Å². The summed E-state index contributed by atoms with van der Waals surface area (Å²) >= 11 is 11.6. The Kier molecular flexibility index (Phi) is 2.78. The summed E-state index contributed by atoms with van der Waals surface area (Å²) in [5.41, 5.74) is 6.10. The van der Waals surface area contributed by atoms with E-state index in [1.165, 1.54) is 0 Å². The molecule has 0 heterocycles. The van der Waals surface area contributed by atoms with Gasteiger partial charge in [-0.25, -0.2) is 0 Å². The van der Waals surface area contributed by atoms with E-state index in [9.17, 15) is 0 Å². The Morgan fingerprint density at radius 2 is 2.00 bits per heavy atom. The number of nitrogens with two attached hydrogens (primary N) is 2. The van der Waals surface area contributed by atoms with E-state index >= 15 is 0 Å². The number of hydrogen-bond acceptors (Lipinski definition) is 1. The van der Waals surface area contributed by atoms with E-state index in [0.29, 0.717) is 21.4 Å². The molecule has 1 aromatic carbocycles. The summed E-state index contributed by atoms with van der Waals surface area (Å²) in [6.45, 7) is 0. The van der Waals surface area contributed by atoms with Crippen molar-refractivity contribution in [2.75, 3.05) is 0 Å². The van der Waals surface area contributed by atoms with Crippen LogP contribution >= 0.6 is 23.2 Å². The molecular formula is C7H8Cl2N3+. The summed E-state index contributed by atoms with van der Waals surface area (Å²) in [7, 11) is 0. The Labute approximate surface area is 79.9 Å². The van der Waals surface area contributed by atoms with Crippen molar-refractivity contribution < 1.29 is 5.10 Å². The normalized spacial score (nSPS) is 11.7. The van der Waals surface area contributed by atoms with Crippen LogP contribution in [0.1, 0.15) is 5.56 Å². The maximum atomic E-state index is 5.84. The molecule has 64 valence electrons. The SMILES string of the molecule is N[NH+]=C(N)c1cccc(Cl)c1Cl. The van der Waals surface area contributed by atoms with Gasteiger partial charge < -0.3 is 0 Å². The molecule has 5 N–H and O–H groups in total. The van der Waals surface area contributed by atoms with E-state index in [0.717, 1.165) is 0 Å². The van der Waals surface area contributed by atoms with E-state index in [1.54, 1.807) is 18.2 Å². The zero-order chi connectivity index (χ0) is 9.14. The summed E-state index contributed by atoms with van der Waals surface area (Å²) in [6.07, 6.45) is 0. The minimum absolute atomic E-state index is 0.294. The Hall–Kier alpha value is -0.930. The Bertz CT molecular complexity index is 322. The number of hydrazone groups is 1. The topological polar surface area (TPSA) is 66.0 Å². The van der Waals surface area contributed by atoms with Gasteiger partial charge in [0.1, 0.15) is 0 Å². The van der Waals surface area contributed by atoms with Gasteiger partial charge in [0.2, 0.25) is 0 Å². The van der Waals surface area contributed by atoms with E-state index < -0.39 is 0 Å². The van der Waals surface area contributed by atoms with E-state index in [-0.39, 0.29) is 0 Å². The molecule has 0 fully saturated rings. The van der Waals surface area contributed by atoms with Gasteiger partial charge >= 0.3 is 0 Å². The van der Waals surface area contributed by atoms with Crippen LogP contribution in [0.4, 0.5) is 0 Å². The standard InChI is InChI=1S/C7H7Cl2N3/c8-5-3-1-2-4(6(5)9)7(10)12-11/h1-3H,11H2,(H2,10,12)/p+1. The monoisotopic (exact) mass is 204 g/mol. The fourth-order valence-electron chi connectivity index (χ4n) is 0.790. The molecule has 0 atom stereocenters. The largest absolute Gasteiger partial charge is 0.297 e. The average Bonchev–Trinajstić information content (AvgIpc) is 2.08. The highest BCUT2D eigenvalue weighted by atomic mass is 35.5. The molecule has 3 nitrogen and oxygen atoms in total. The number of hydrazine groups is 1. The molecule has 0 saturated heterocycles. The van der Waals surface area contributed by atoms with Gasteiger partial charge in [-0.05, 0) is 12.1 Å². The molecule has 0 aliphatic carbocycles. The molecule has 0 spiro atoms. The summed E-state index contributed by atoms with van der Waals surface area (Å²) in [6, 6.07) is 5.15. The van der Waals surface area contributed by atoms with Crippen LogP contribution < -0.4 is 16.7 Å². The van der Waals surface area contributed by atoms with Gasteiger partial charge in [0.25, 0.3) is 5.84 Å². The third-order valence-corrected chi connectivity index (χ3v) is 2.22. The highest BCUT2D eigenvalue weighted by molar-refractivity contribution is 6.43. The molecule has 0 aromatic heterocycles. The van der Waals surface area contributed by atoms with Crippen molar-refractivity contribution in [1.82, 2.24) is 0 Å². The second-order valence-electron chi connectivity index (χ2n) is 2.16. The first-order valence-corrected chi connectivity index (χ1v) is 3.96. The van der Waals surface area contributed by atoms with Gasteiger partial charge in [-0.2, -0.15) is 5.10 Å². The minimum atomic E-state index is 0.294. The molecule has 1 rings (SSSR count). The Balaban J connectivity index is 3.26. The van der Waals surface area contributed by atoms with Crippen molar-refractivity contribution in [1.29, 1.82) is 0 Å². The van der Waals surface area contributed by atoms with Crippen LogP contribution in [-0.4, -0.2) is 5.84 Å². The third-order valence-electron chi connectivity index (χ3n) is 1.40. The fourth-order valence-corrected chi connectivity index (χ4v) is 1.19. The lowest BCUT2D eigenvalue weighted by Crippen LogP contribution is -2.82. The van der Waals surface area contributed by atoms with Crippen LogP contribution in [0.5, 0.6) is 0 Å². The Morgan fingerprint density at radius 3 is 2.58 bits per heavy atom. The van der Waals surface area contributed by atoms with Crippen LogP contribution in [0.25, 0.3) is 0 Å². The summed E-state index contributed by atoms with van der Waals surface area (Å²) in [5.74, 6) is 5.40. The van der Waals surface area contributed by atoms with Crippen LogP contribution in [-0.2, 0) is 0 Å². The average molecular weight is 205 g/mol. The van der Waals surface area contributed by atoms with Gasteiger partial charge in [-0.15, -0.1) is 0 Å². The molecule has 5 heteroatoms. The van der Waals surface area contributed by atoms with Crippen molar-refractivity contribution in [3.63, 3.8) is 0 Å². The van der Waals surface area contributed by atoms with Crippen molar-refractivity contribution in [2.24, 2.45) is 11.6 Å². The molecule has 0 amide bonds. The second-order valence-corrected chi connectivity index (χ2v) is 2.94. The third kappa shape index (κ3) is 1.62. The van der Waals surface area contributed by atoms with Gasteiger partial charge in [0.15, 0.2) is 0 Å². The van der Waals surface area contributed by atoms with Crippen molar-refractivity contribution >= 4 is 29.0 Å². The highest BCUT2D eigenvalue weighted by Gasteiger charge is 2.10. The first kappa shape index (κ1) is 9.16. The molecule has 0 bridgehead atoms. The van der Waals surface area contributed by atoms with Gasteiger partial charge in [-0.1, -0.05) is 29.3 Å². The number of benzene rings is 1. The van der Waals surface area contributed by atoms with Gasteiger partial charge in [-0.3, -0.25) is 11.6 Å². The molecule has 0 aliphatic rings.